The second kappa shape index (κ2) is 33.1. The molecule has 12 N–H and O–H groups in total. The molecule has 1 unspecified atom stereocenters. The zero-order chi connectivity index (χ0) is 70.1. The Kier molecular flexibility index (Phi) is 27.5. The van der Waals surface area contributed by atoms with Gasteiger partial charge in [-0.2, -0.15) is 0 Å². The van der Waals surface area contributed by atoms with Crippen molar-refractivity contribution >= 4 is 82.8 Å². The molecular weight excluding hydrogens is 1200 g/mol. The molecule has 4 rings (SSSR count). The number of ether oxygens (including phenoxy) is 2. The average molecular weight is 1300 g/mol. The Labute approximate surface area is 546 Å². The summed E-state index contributed by atoms with van der Waals surface area (Å²) in [6, 6.07) is 3.53. The van der Waals surface area contributed by atoms with Crippen LogP contribution in [0.15, 0.2) is 48.1 Å². The minimum absolute atomic E-state index is 0.0393. The summed E-state index contributed by atoms with van der Waals surface area (Å²) in [7, 11) is 1.21. The predicted octanol–water partition coefficient (Wildman–Crippen LogP) is 1.40. The first-order valence-corrected chi connectivity index (χ1v) is 31.9. The maximum atomic E-state index is 14.4. The molecule has 3 aliphatic rings. The van der Waals surface area contributed by atoms with Crippen LogP contribution in [0, 0.1) is 34.8 Å². The van der Waals surface area contributed by atoms with Gasteiger partial charge in [-0.1, -0.05) is 104 Å². The number of fused-ring (bicyclic) bond motifs is 3. The third kappa shape index (κ3) is 22.2. The number of carbonyl (C=O) groups excluding carboxylic acids is 12. The first-order valence-electron chi connectivity index (χ1n) is 31.9. The predicted molar refractivity (Wildman–Crippen MR) is 348 cm³/mol. The summed E-state index contributed by atoms with van der Waals surface area (Å²) < 4.78 is 10.6. The van der Waals surface area contributed by atoms with Gasteiger partial charge in [-0.25, -0.2) is 9.59 Å². The smallest absolute Gasteiger partial charge is 0.408 e. The zero-order valence-electron chi connectivity index (χ0n) is 57.2. The van der Waals surface area contributed by atoms with Crippen LogP contribution in [0.4, 0.5) is 4.79 Å². The maximum absolute atomic E-state index is 14.4. The van der Waals surface area contributed by atoms with E-state index in [1.54, 1.807) is 48.5 Å². The van der Waals surface area contributed by atoms with Gasteiger partial charge in [-0.15, -0.1) is 0 Å². The van der Waals surface area contributed by atoms with Crippen LogP contribution in [0.5, 0.6) is 0 Å². The highest BCUT2D eigenvalue weighted by Gasteiger charge is 2.57. The fourth-order valence-electron chi connectivity index (χ4n) is 11.8. The lowest BCUT2D eigenvalue weighted by atomic mass is 9.69. The van der Waals surface area contributed by atoms with E-state index < -0.39 is 149 Å². The zero-order valence-corrected chi connectivity index (χ0v) is 57.2. The highest BCUT2D eigenvalue weighted by atomic mass is 16.5. The molecule has 1 aliphatic heterocycles. The standard InChI is InChI=1S/C66H102N12O15/c1-18-40(8)53(56(85)73-48(28-39(6)7)57(86)92-17)74-52(82)33-69-59(88)65(15,16)76-54(83)46(26-37(2)3)71-50(80)31-67-49(79)30-68-58(87)64(13,14)75-55(84)47(27-38(4)5)72-51(81)32-70-60(89)66(35-62(9,10)78(91)63(11,12)36-66)77-61(90)93-34-42-23-21-25-44-43-24-20-19-22-41(43)29-45(42)44/h19-25,29,37-40,42,46-48,53,78H,18,26-28,30-36H2,1-17H3,(H,67,79)(H,68,87)(H,69,88)(H,70,89)(H,71,80)(H,72,81)(H,73,85)(H,74,82)(H,75,84)(H,76,83)(H,77,90)/t40-,42?,46-,47-,48-,53-/m0/s1. The van der Waals surface area contributed by atoms with Crippen LogP contribution < -0.4 is 63.5 Å². The third-order valence-electron chi connectivity index (χ3n) is 16.5. The largest absolute Gasteiger partial charge is 0.634 e. The van der Waals surface area contributed by atoms with Crippen LogP contribution in [0.25, 0.3) is 11.6 Å². The summed E-state index contributed by atoms with van der Waals surface area (Å²) in [5, 5.41) is 41.9. The monoisotopic (exact) mass is 1300 g/mol. The Morgan fingerprint density at radius 2 is 1.10 bits per heavy atom. The van der Waals surface area contributed by atoms with Gasteiger partial charge in [-0.3, -0.25) is 47.9 Å². The van der Waals surface area contributed by atoms with Gasteiger partial charge < -0.3 is 78.2 Å². The molecule has 11 amide bonds. The Bertz CT molecular complexity index is 3020. The third-order valence-corrected chi connectivity index (χ3v) is 16.5. The van der Waals surface area contributed by atoms with E-state index in [0.717, 1.165) is 22.3 Å². The van der Waals surface area contributed by atoms with Crippen molar-refractivity contribution in [3.8, 4) is 0 Å². The molecule has 6 atom stereocenters. The van der Waals surface area contributed by atoms with Gasteiger partial charge in [0.2, 0.25) is 59.1 Å². The van der Waals surface area contributed by atoms with Crippen molar-refractivity contribution in [3.05, 3.63) is 64.4 Å². The van der Waals surface area contributed by atoms with Crippen molar-refractivity contribution in [1.29, 1.82) is 0 Å². The topological polar surface area (TPSA) is 383 Å². The van der Waals surface area contributed by atoms with Crippen molar-refractivity contribution in [2.24, 2.45) is 29.6 Å². The van der Waals surface area contributed by atoms with Crippen LogP contribution in [0.2, 0.25) is 0 Å². The highest BCUT2D eigenvalue weighted by Crippen LogP contribution is 2.42. The number of allylic oxidation sites excluding steroid dienone is 3. The van der Waals surface area contributed by atoms with Gasteiger partial charge in [-0.05, 0) is 127 Å². The van der Waals surface area contributed by atoms with Crippen molar-refractivity contribution in [2.75, 3.05) is 39.9 Å². The molecule has 516 valence electrons. The van der Waals surface area contributed by atoms with Crippen molar-refractivity contribution in [1.82, 2.24) is 58.5 Å². The van der Waals surface area contributed by atoms with E-state index in [1.807, 2.05) is 77.1 Å². The number of piperidine rings is 1. The molecule has 0 radical (unpaired) electrons. The first kappa shape index (κ1) is 77.2. The van der Waals surface area contributed by atoms with Crippen LogP contribution in [-0.2, 0) is 62.2 Å². The number of esters is 1. The normalized spacial score (nSPS) is 19.4. The minimum Gasteiger partial charge on any atom is -0.634 e. The Morgan fingerprint density at radius 1 is 0.624 bits per heavy atom. The molecule has 2 aliphatic carbocycles. The maximum Gasteiger partial charge on any atom is 0.408 e. The highest BCUT2D eigenvalue weighted by molar-refractivity contribution is 6.00. The summed E-state index contributed by atoms with van der Waals surface area (Å²) >= 11 is 0. The van der Waals surface area contributed by atoms with E-state index in [0.29, 0.717) is 12.8 Å². The second-order valence-corrected chi connectivity index (χ2v) is 28.2. The molecule has 1 aromatic carbocycles. The van der Waals surface area contributed by atoms with Gasteiger partial charge in [0, 0.05) is 18.8 Å². The summed E-state index contributed by atoms with van der Waals surface area (Å²) in [5.41, 5.74) is -3.05. The molecule has 0 spiro atoms. The number of benzene rings is 1. The lowest BCUT2D eigenvalue weighted by Gasteiger charge is -2.57. The van der Waals surface area contributed by atoms with Crippen LogP contribution in [0.1, 0.15) is 160 Å². The van der Waals surface area contributed by atoms with E-state index in [-0.39, 0.29) is 66.9 Å². The lowest BCUT2D eigenvalue weighted by molar-refractivity contribution is -0.956. The number of alkyl carbamates (subject to hydrolysis) is 1. The van der Waals surface area contributed by atoms with E-state index in [1.165, 1.54) is 34.8 Å². The van der Waals surface area contributed by atoms with E-state index in [2.05, 4.69) is 64.6 Å². The molecule has 0 aromatic heterocycles. The number of quaternary nitrogens is 1. The Balaban J connectivity index is 1.29. The molecule has 1 fully saturated rings. The number of nitrogens with one attached hydrogen (secondary N) is 12. The van der Waals surface area contributed by atoms with Gasteiger partial charge >= 0.3 is 12.1 Å². The van der Waals surface area contributed by atoms with Crippen LogP contribution in [0.3, 0.4) is 0 Å². The van der Waals surface area contributed by atoms with Crippen LogP contribution in [-0.4, -0.2) is 163 Å². The van der Waals surface area contributed by atoms with Crippen molar-refractivity contribution < 1.29 is 72.1 Å². The summed E-state index contributed by atoms with van der Waals surface area (Å²) in [6.07, 6.45) is 7.79. The molecule has 0 bridgehead atoms. The number of hydrogen-bond acceptors (Lipinski definition) is 15. The average Bonchev–Trinajstić information content (AvgIpc) is 1.12. The molecule has 93 heavy (non-hydrogen) atoms. The summed E-state index contributed by atoms with van der Waals surface area (Å²) in [5.74, 6) is -9.06. The van der Waals surface area contributed by atoms with Gasteiger partial charge in [0.15, 0.2) is 0 Å². The number of amides is 11. The van der Waals surface area contributed by atoms with Gasteiger partial charge in [0.05, 0.1) is 44.4 Å². The SMILES string of the molecule is CC[C@H](C)[C@H](NC(=O)CNC(=O)C(C)(C)NC(=O)[C@H](CC(C)C)NC(=O)CNC(=O)CNC(=O)C(C)(C)NC(=O)[C@H](CC(C)C)NC(=O)CNC(=O)C1(NC(=O)OCC2C=CC=C3C2=Cc2ccccc23)CC(C)(C)[NH+]([O-])C(C)(C)C1)C(=O)N[C@@H](CC(C)C)C(=O)OC. The number of hydrogen-bond donors (Lipinski definition) is 12. The molecule has 27 nitrogen and oxygen atoms in total. The fraction of sp³-hybridized carbons (Fsp3) is 0.636. The molecule has 27 heteroatoms. The van der Waals surface area contributed by atoms with E-state index in [9.17, 15) is 62.7 Å². The van der Waals surface area contributed by atoms with Gasteiger partial charge in [0.25, 0.3) is 0 Å². The molecular formula is C66H102N12O15. The Morgan fingerprint density at radius 3 is 1.60 bits per heavy atom. The number of rotatable bonds is 32. The van der Waals surface area contributed by atoms with Crippen molar-refractivity contribution in [2.45, 2.75) is 201 Å². The summed E-state index contributed by atoms with van der Waals surface area (Å²) in [6.45, 7) is 24.3. The summed E-state index contributed by atoms with van der Waals surface area (Å²) in [4.78, 5) is 161. The van der Waals surface area contributed by atoms with Gasteiger partial charge in [0.1, 0.15) is 47.4 Å². The molecule has 1 aromatic rings. The quantitative estimate of drug-likeness (QED) is 0.0358. The number of methoxy groups -OCH3 is 1. The lowest BCUT2D eigenvalue weighted by Crippen LogP contribution is -3.24. The number of carbonyl (C=O) groups is 12. The molecule has 0 saturated carbocycles. The minimum atomic E-state index is -1.70. The van der Waals surface area contributed by atoms with E-state index >= 15 is 0 Å². The number of hydroxylamine groups is 2. The van der Waals surface area contributed by atoms with Crippen LogP contribution >= 0.6 is 0 Å². The fourth-order valence-corrected chi connectivity index (χ4v) is 11.8. The van der Waals surface area contributed by atoms with Crippen molar-refractivity contribution in [3.63, 3.8) is 0 Å². The second-order valence-electron chi connectivity index (χ2n) is 28.2. The Hall–Kier alpha value is -8.20. The molecule has 1 heterocycles. The van der Waals surface area contributed by atoms with E-state index in [4.69, 9.17) is 9.47 Å². The molecule has 1 saturated heterocycles. The first-order chi connectivity index (χ1) is 43.2.